The lowest BCUT2D eigenvalue weighted by molar-refractivity contribution is -0.142. The van der Waals surface area contributed by atoms with E-state index >= 15 is 0 Å². The first-order valence-corrected chi connectivity index (χ1v) is 15.0. The van der Waals surface area contributed by atoms with E-state index in [1.807, 2.05) is 87.5 Å². The molecular weight excluding hydrogens is 557 g/mol. The first kappa shape index (κ1) is 31.4. The molecule has 42 heavy (non-hydrogen) atoms. The van der Waals surface area contributed by atoms with Crippen molar-refractivity contribution in [1.82, 2.24) is 4.72 Å². The summed E-state index contributed by atoms with van der Waals surface area (Å²) in [6.45, 7) is 7.47. The minimum atomic E-state index is -1.44. The normalized spacial score (nSPS) is 13.2. The van der Waals surface area contributed by atoms with Crippen LogP contribution in [0.3, 0.4) is 0 Å². The third kappa shape index (κ3) is 7.85. The fourth-order valence-electron chi connectivity index (χ4n) is 4.52. The Hall–Kier alpha value is -3.53. The Kier molecular flexibility index (Phi) is 10.5. The van der Waals surface area contributed by atoms with Crippen LogP contribution in [0.4, 0.5) is 4.39 Å². The van der Waals surface area contributed by atoms with Gasteiger partial charge in [0.15, 0.2) is 0 Å². The highest BCUT2D eigenvalue weighted by molar-refractivity contribution is 7.84. The van der Waals surface area contributed by atoms with E-state index in [1.54, 1.807) is 14.0 Å². The highest BCUT2D eigenvalue weighted by Gasteiger charge is 2.24. The van der Waals surface area contributed by atoms with Crippen LogP contribution >= 0.6 is 0 Å². The van der Waals surface area contributed by atoms with E-state index in [9.17, 15) is 13.4 Å². The van der Waals surface area contributed by atoms with E-state index in [-0.39, 0.29) is 19.0 Å². The molecule has 0 bridgehead atoms. The lowest BCUT2D eigenvalue weighted by atomic mass is 9.97. The maximum Gasteiger partial charge on any atom is 0.310 e. The number of benzene rings is 3. The van der Waals surface area contributed by atoms with Gasteiger partial charge in [0.05, 0.1) is 34.8 Å². The summed E-state index contributed by atoms with van der Waals surface area (Å²) in [5.41, 5.74) is 4.61. The topological polar surface area (TPSA) is 87.0 Å². The van der Waals surface area contributed by atoms with Crippen LogP contribution in [0, 0.1) is 0 Å². The number of hydrogen-bond donors (Lipinski definition) is 1. The number of methoxy groups -OCH3 is 1. The Morgan fingerprint density at radius 1 is 1.05 bits per heavy atom. The zero-order valence-corrected chi connectivity index (χ0v) is 25.5. The molecule has 0 radical (unpaired) electrons. The van der Waals surface area contributed by atoms with E-state index in [0.717, 1.165) is 27.6 Å². The largest absolute Gasteiger partial charge is 0.489 e. The van der Waals surface area contributed by atoms with Gasteiger partial charge in [-0.3, -0.25) is 4.79 Å². The summed E-state index contributed by atoms with van der Waals surface area (Å²) in [6, 6.07) is 20.1. The molecule has 0 saturated carbocycles. The zero-order chi connectivity index (χ0) is 30.3. The molecule has 3 aromatic carbocycles. The summed E-state index contributed by atoms with van der Waals surface area (Å²) in [5.74, 6) is 0.963. The third-order valence-corrected chi connectivity index (χ3v) is 8.19. The molecule has 0 spiro atoms. The molecule has 0 amide bonds. The first-order valence-electron chi connectivity index (χ1n) is 13.9. The molecule has 7 nitrogen and oxygen atoms in total. The van der Waals surface area contributed by atoms with Crippen molar-refractivity contribution >= 4 is 27.9 Å². The number of alkyl halides is 1. The molecule has 1 aromatic heterocycles. The summed E-state index contributed by atoms with van der Waals surface area (Å²) < 4.78 is 52.1. The summed E-state index contributed by atoms with van der Waals surface area (Å²) in [6.07, 6.45) is 0.118. The number of furan rings is 1. The average molecular weight is 596 g/mol. The molecule has 1 unspecified atom stereocenters. The fourth-order valence-corrected chi connectivity index (χ4v) is 5.33. The molecule has 0 aliphatic heterocycles. The van der Waals surface area contributed by atoms with Crippen molar-refractivity contribution in [3.8, 4) is 16.9 Å². The highest BCUT2D eigenvalue weighted by Crippen LogP contribution is 2.35. The van der Waals surface area contributed by atoms with E-state index in [4.69, 9.17) is 18.6 Å². The van der Waals surface area contributed by atoms with Crippen LogP contribution in [0.1, 0.15) is 56.2 Å². The second-order valence-electron chi connectivity index (χ2n) is 10.9. The number of esters is 1. The second kappa shape index (κ2) is 14.1. The van der Waals surface area contributed by atoms with Crippen LogP contribution in [0.25, 0.3) is 22.1 Å². The molecule has 0 saturated heterocycles. The Bertz CT molecular complexity index is 1540. The molecule has 9 heteroatoms. The predicted molar refractivity (Wildman–Crippen MR) is 163 cm³/mol. The summed E-state index contributed by atoms with van der Waals surface area (Å²) in [7, 11) is 0.167. The molecule has 1 N–H and O–H groups in total. The zero-order valence-electron chi connectivity index (χ0n) is 24.7. The Morgan fingerprint density at radius 3 is 2.55 bits per heavy atom. The maximum atomic E-state index is 14.2. The Labute approximate surface area is 248 Å². The van der Waals surface area contributed by atoms with E-state index in [1.165, 1.54) is 0 Å². The minimum Gasteiger partial charge on any atom is -0.489 e. The van der Waals surface area contributed by atoms with Gasteiger partial charge in [-0.2, -0.15) is 0 Å². The van der Waals surface area contributed by atoms with Crippen LogP contribution in [-0.2, 0) is 44.9 Å². The number of carbonyl (C=O) groups excluding carboxylic acids is 1. The predicted octanol–water partition coefficient (Wildman–Crippen LogP) is 6.99. The van der Waals surface area contributed by atoms with Crippen LogP contribution in [-0.4, -0.2) is 35.3 Å². The third-order valence-electron chi connectivity index (χ3n) is 6.58. The summed E-state index contributed by atoms with van der Waals surface area (Å²) in [5, 5.41) is 0.873. The maximum absolute atomic E-state index is 14.2. The minimum absolute atomic E-state index is 0.118. The average Bonchev–Trinajstić information content (AvgIpc) is 3.37. The number of ether oxygens (including phenoxy) is 3. The SMILES string of the molecule is CCOC(=O)Cc1ccccc1OCc1cc(-c2cccc(C(CF)N[S@](=O)C(C)(C)C)c2)c2oc(COC)cc2c1. The van der Waals surface area contributed by atoms with Crippen LogP contribution in [0.5, 0.6) is 5.75 Å². The van der Waals surface area contributed by atoms with E-state index in [2.05, 4.69) is 4.72 Å². The van der Waals surface area contributed by atoms with Crippen molar-refractivity contribution < 1.29 is 32.0 Å². The number of nitrogens with one attached hydrogen (secondary N) is 1. The number of hydrogen-bond acceptors (Lipinski definition) is 6. The van der Waals surface area contributed by atoms with Crippen molar-refractivity contribution in [3.05, 3.63) is 89.2 Å². The fraction of sp³-hybridized carbons (Fsp3) is 0.364. The van der Waals surface area contributed by atoms with Crippen molar-refractivity contribution in [2.45, 2.75) is 58.1 Å². The molecule has 224 valence electrons. The summed E-state index contributed by atoms with van der Waals surface area (Å²) >= 11 is 0. The molecule has 0 aliphatic carbocycles. The van der Waals surface area contributed by atoms with Gasteiger partial charge in [-0.25, -0.2) is 13.3 Å². The van der Waals surface area contributed by atoms with Crippen LogP contribution < -0.4 is 9.46 Å². The number of halogens is 1. The lowest BCUT2D eigenvalue weighted by Gasteiger charge is -2.23. The smallest absolute Gasteiger partial charge is 0.310 e. The first-order chi connectivity index (χ1) is 20.1. The van der Waals surface area contributed by atoms with Crippen molar-refractivity contribution in [2.24, 2.45) is 0 Å². The van der Waals surface area contributed by atoms with E-state index < -0.39 is 28.4 Å². The number of rotatable bonds is 13. The summed E-state index contributed by atoms with van der Waals surface area (Å²) in [4.78, 5) is 12.1. The van der Waals surface area contributed by atoms with Crippen molar-refractivity contribution in [3.63, 3.8) is 0 Å². The van der Waals surface area contributed by atoms with Gasteiger partial charge in [0.25, 0.3) is 0 Å². The van der Waals surface area contributed by atoms with Gasteiger partial charge < -0.3 is 18.6 Å². The number of carbonyl (C=O) groups is 1. The number of para-hydroxylation sites is 1. The highest BCUT2D eigenvalue weighted by atomic mass is 32.2. The van der Waals surface area contributed by atoms with Gasteiger partial charge in [-0.15, -0.1) is 0 Å². The van der Waals surface area contributed by atoms with Crippen LogP contribution in [0.15, 0.2) is 71.1 Å². The van der Waals surface area contributed by atoms with Crippen molar-refractivity contribution in [1.29, 1.82) is 0 Å². The molecule has 4 rings (SSSR count). The standard InChI is InChI=1S/C33H38FNO6S/c1-6-39-31(36)18-25-10-7-8-13-30(25)40-20-22-14-26-17-27(21-38-5)41-32(26)28(15-22)23-11-9-12-24(16-23)29(19-34)35-42(37)33(2,3)4/h7-17,29,35H,6,18-21H2,1-5H3/t29?,42-/m1/s1. The van der Waals surface area contributed by atoms with Gasteiger partial charge in [0, 0.05) is 23.6 Å². The molecular formula is C33H38FNO6S. The van der Waals surface area contributed by atoms with Crippen LogP contribution in [0.2, 0.25) is 0 Å². The molecule has 0 fully saturated rings. The number of fused-ring (bicyclic) bond motifs is 1. The molecule has 0 aliphatic rings. The van der Waals surface area contributed by atoms with Gasteiger partial charge in [-0.1, -0.05) is 36.4 Å². The Balaban J connectivity index is 1.68. The lowest BCUT2D eigenvalue weighted by Crippen LogP contribution is -2.36. The van der Waals surface area contributed by atoms with Gasteiger partial charge >= 0.3 is 5.97 Å². The molecule has 4 aromatic rings. The molecule has 1 heterocycles. The van der Waals surface area contributed by atoms with Gasteiger partial charge in [0.1, 0.15) is 37.0 Å². The quantitative estimate of drug-likeness (QED) is 0.168. The van der Waals surface area contributed by atoms with Gasteiger partial charge in [-0.05, 0) is 74.7 Å². The Morgan fingerprint density at radius 2 is 1.83 bits per heavy atom. The van der Waals surface area contributed by atoms with Crippen molar-refractivity contribution in [2.75, 3.05) is 20.4 Å². The second-order valence-corrected chi connectivity index (χ2v) is 12.9. The van der Waals surface area contributed by atoms with E-state index in [0.29, 0.717) is 35.9 Å². The van der Waals surface area contributed by atoms with Gasteiger partial charge in [0.2, 0.25) is 0 Å². The molecule has 2 atom stereocenters. The monoisotopic (exact) mass is 595 g/mol.